The third kappa shape index (κ3) is 5.98. The third-order valence-corrected chi connectivity index (χ3v) is 7.01. The third-order valence-electron chi connectivity index (χ3n) is 6.04. The average Bonchev–Trinajstić information content (AvgIpc) is 2.63. The maximum atomic E-state index is 6.37. The van der Waals surface area contributed by atoms with Crippen LogP contribution in [0.25, 0.3) is 0 Å². The first kappa shape index (κ1) is 19.7. The second-order valence-electron chi connectivity index (χ2n) is 7.90. The Hall–Kier alpha value is -0.0300. The van der Waals surface area contributed by atoms with Crippen LogP contribution in [0, 0.1) is 17.9 Å². The topological polar surface area (TPSA) is 19.0 Å². The van der Waals surface area contributed by atoms with Crippen LogP contribution >= 0.6 is 22.9 Å². The first-order valence-corrected chi connectivity index (χ1v) is 11.2. The molecule has 0 aromatic carbocycles. The number of nitrogens with zero attached hydrogens (tertiary/aromatic N) is 3. The summed E-state index contributed by atoms with van der Waals surface area (Å²) >= 11 is 2.43. The lowest BCUT2D eigenvalue weighted by Gasteiger charge is -2.37. The molecule has 3 rings (SSSR count). The summed E-state index contributed by atoms with van der Waals surface area (Å²) in [4.78, 5) is 4.89. The molecule has 142 valence electrons. The standard InChI is InChI=1S/C20H34IN3O/c1-3-23-15-14-22(16-17(23)2)11-8-18-4-6-19(7-5-18)25-20-9-12-24(21)13-10-20/h17-20H,3-7,9-10,12-16H2,1-2H3/t17?,18-,19-. The van der Waals surface area contributed by atoms with Gasteiger partial charge in [0, 0.05) is 73.6 Å². The van der Waals surface area contributed by atoms with E-state index in [-0.39, 0.29) is 0 Å². The number of piperazine rings is 1. The molecule has 25 heavy (non-hydrogen) atoms. The van der Waals surface area contributed by atoms with Crippen molar-refractivity contribution in [3.05, 3.63) is 0 Å². The summed E-state index contributed by atoms with van der Waals surface area (Å²) in [6.07, 6.45) is 8.20. The van der Waals surface area contributed by atoms with Gasteiger partial charge in [-0.05, 0) is 52.0 Å². The van der Waals surface area contributed by atoms with Gasteiger partial charge >= 0.3 is 0 Å². The molecule has 1 unspecified atom stereocenters. The summed E-state index contributed by atoms with van der Waals surface area (Å²) in [5, 5.41) is 0. The van der Waals surface area contributed by atoms with Crippen LogP contribution in [0.4, 0.5) is 0 Å². The fourth-order valence-corrected chi connectivity index (χ4v) is 4.88. The highest BCUT2D eigenvalue weighted by atomic mass is 127. The van der Waals surface area contributed by atoms with Crippen molar-refractivity contribution in [3.63, 3.8) is 0 Å². The van der Waals surface area contributed by atoms with Crippen LogP contribution in [0.2, 0.25) is 0 Å². The highest BCUT2D eigenvalue weighted by Gasteiger charge is 2.26. The molecule has 0 amide bonds. The van der Waals surface area contributed by atoms with E-state index in [0.717, 1.165) is 26.2 Å². The number of piperidine rings is 1. The minimum atomic E-state index is 0.483. The van der Waals surface area contributed by atoms with Crippen LogP contribution < -0.4 is 0 Å². The predicted molar refractivity (Wildman–Crippen MR) is 112 cm³/mol. The number of hydrogen-bond acceptors (Lipinski definition) is 4. The van der Waals surface area contributed by atoms with E-state index in [0.29, 0.717) is 24.2 Å². The summed E-state index contributed by atoms with van der Waals surface area (Å²) in [7, 11) is 0. The van der Waals surface area contributed by atoms with Gasteiger partial charge < -0.3 is 9.64 Å². The van der Waals surface area contributed by atoms with Gasteiger partial charge in [-0.25, -0.2) is 3.11 Å². The van der Waals surface area contributed by atoms with E-state index >= 15 is 0 Å². The van der Waals surface area contributed by atoms with Crippen molar-refractivity contribution < 1.29 is 4.74 Å². The van der Waals surface area contributed by atoms with Gasteiger partial charge in [0.25, 0.3) is 0 Å². The Labute approximate surface area is 168 Å². The van der Waals surface area contributed by atoms with Crippen molar-refractivity contribution in [1.82, 2.24) is 12.9 Å². The van der Waals surface area contributed by atoms with Gasteiger partial charge in [0.15, 0.2) is 0 Å². The maximum Gasteiger partial charge on any atom is 0.0603 e. The fourth-order valence-electron chi connectivity index (χ4n) is 4.32. The lowest BCUT2D eigenvalue weighted by molar-refractivity contribution is -0.0498. The average molecular weight is 459 g/mol. The molecule has 1 saturated carbocycles. The second-order valence-corrected chi connectivity index (χ2v) is 9.26. The molecule has 1 aliphatic carbocycles. The zero-order valence-electron chi connectivity index (χ0n) is 15.9. The number of likely N-dealkylation sites (N-methyl/N-ethyl adjacent to an activating group) is 1. The minimum absolute atomic E-state index is 0.483. The molecule has 2 saturated heterocycles. The number of halogens is 1. The Morgan fingerprint density at radius 2 is 1.64 bits per heavy atom. The van der Waals surface area contributed by atoms with Gasteiger partial charge in [-0.1, -0.05) is 12.8 Å². The molecule has 0 radical (unpaired) electrons. The highest BCUT2D eigenvalue weighted by molar-refractivity contribution is 14.1. The van der Waals surface area contributed by atoms with Crippen molar-refractivity contribution in [1.29, 1.82) is 0 Å². The molecule has 0 N–H and O–H groups in total. The summed E-state index contributed by atoms with van der Waals surface area (Å²) in [5.74, 6) is 4.15. The highest BCUT2D eigenvalue weighted by Crippen LogP contribution is 2.28. The molecule has 3 aliphatic rings. The molecule has 0 bridgehead atoms. The van der Waals surface area contributed by atoms with E-state index < -0.39 is 0 Å². The summed E-state index contributed by atoms with van der Waals surface area (Å²) in [6, 6.07) is 4.11. The van der Waals surface area contributed by atoms with E-state index in [2.05, 4.69) is 61.6 Å². The smallest absolute Gasteiger partial charge is 0.0603 e. The van der Waals surface area contributed by atoms with Crippen molar-refractivity contribution in [2.45, 2.75) is 70.6 Å². The van der Waals surface area contributed by atoms with Crippen molar-refractivity contribution >= 4 is 22.9 Å². The molecule has 3 fully saturated rings. The Kier molecular flexibility index (Phi) is 7.71. The normalized spacial score (nSPS) is 33.1. The van der Waals surface area contributed by atoms with E-state index in [9.17, 15) is 0 Å². The molecule has 4 nitrogen and oxygen atoms in total. The Morgan fingerprint density at radius 3 is 2.28 bits per heavy atom. The van der Waals surface area contributed by atoms with Gasteiger partial charge in [0.1, 0.15) is 0 Å². The monoisotopic (exact) mass is 459 g/mol. The SMILES string of the molecule is CCN1CCN(C#C[C@H]2CC[C@H](OC3CCN(I)CC3)CC2)CC1C. The van der Waals surface area contributed by atoms with Gasteiger partial charge in [-0.3, -0.25) is 4.90 Å². The zero-order chi connectivity index (χ0) is 17.6. The van der Waals surface area contributed by atoms with Gasteiger partial charge in [0.05, 0.1) is 12.2 Å². The van der Waals surface area contributed by atoms with E-state index in [1.54, 1.807) is 0 Å². The number of hydrogen-bond donors (Lipinski definition) is 0. The molecular formula is C20H34IN3O. The molecule has 0 spiro atoms. The number of rotatable bonds is 3. The van der Waals surface area contributed by atoms with E-state index in [4.69, 9.17) is 4.74 Å². The lowest BCUT2D eigenvalue weighted by Crippen LogP contribution is -2.49. The Balaban J connectivity index is 1.37. The zero-order valence-corrected chi connectivity index (χ0v) is 18.1. The predicted octanol–water partition coefficient (Wildman–Crippen LogP) is 3.36. The molecule has 0 aromatic heterocycles. The Morgan fingerprint density at radius 1 is 0.960 bits per heavy atom. The van der Waals surface area contributed by atoms with E-state index in [1.165, 1.54) is 51.6 Å². The number of ether oxygens (including phenoxy) is 1. The van der Waals surface area contributed by atoms with Crippen LogP contribution in [-0.4, -0.2) is 70.4 Å². The molecule has 5 heteroatoms. The summed E-state index contributed by atoms with van der Waals surface area (Å²) < 4.78 is 8.75. The Bertz CT molecular complexity index is 461. The molecular weight excluding hydrogens is 425 g/mol. The largest absolute Gasteiger partial charge is 0.375 e. The van der Waals surface area contributed by atoms with Gasteiger partial charge in [-0.15, -0.1) is 0 Å². The van der Waals surface area contributed by atoms with Crippen LogP contribution in [-0.2, 0) is 4.74 Å². The lowest BCUT2D eigenvalue weighted by atomic mass is 9.87. The van der Waals surface area contributed by atoms with Crippen LogP contribution in [0.3, 0.4) is 0 Å². The van der Waals surface area contributed by atoms with Gasteiger partial charge in [-0.2, -0.15) is 0 Å². The van der Waals surface area contributed by atoms with Crippen molar-refractivity contribution in [2.24, 2.45) is 5.92 Å². The quantitative estimate of drug-likeness (QED) is 0.366. The van der Waals surface area contributed by atoms with Crippen molar-refractivity contribution in [3.8, 4) is 12.0 Å². The minimum Gasteiger partial charge on any atom is -0.375 e. The van der Waals surface area contributed by atoms with Crippen LogP contribution in [0.15, 0.2) is 0 Å². The van der Waals surface area contributed by atoms with Crippen molar-refractivity contribution in [2.75, 3.05) is 39.3 Å². The summed E-state index contributed by atoms with van der Waals surface area (Å²) in [6.45, 7) is 11.4. The molecule has 0 aromatic rings. The maximum absolute atomic E-state index is 6.37. The second kappa shape index (κ2) is 9.77. The summed E-state index contributed by atoms with van der Waals surface area (Å²) in [5.41, 5.74) is 0. The molecule has 2 heterocycles. The van der Waals surface area contributed by atoms with Crippen LogP contribution in [0.1, 0.15) is 52.4 Å². The molecule has 1 atom stereocenters. The first-order valence-electron chi connectivity index (χ1n) is 10.2. The van der Waals surface area contributed by atoms with Gasteiger partial charge in [0.2, 0.25) is 0 Å². The fraction of sp³-hybridized carbons (Fsp3) is 0.900. The molecule has 2 aliphatic heterocycles. The van der Waals surface area contributed by atoms with E-state index in [1.807, 2.05) is 0 Å². The first-order chi connectivity index (χ1) is 12.1. The van der Waals surface area contributed by atoms with Crippen LogP contribution in [0.5, 0.6) is 0 Å².